The minimum Gasteiger partial charge on any atom is -0.330 e. The van der Waals surface area contributed by atoms with Gasteiger partial charge < -0.3 is 5.73 Å². The second-order valence-electron chi connectivity index (χ2n) is 3.39. The Morgan fingerprint density at radius 1 is 1.30 bits per heavy atom. The summed E-state index contributed by atoms with van der Waals surface area (Å²) in [6.07, 6.45) is 6.96. The first-order valence-corrected chi connectivity index (χ1v) is 4.37. The molecule has 1 nitrogen and oxygen atoms in total. The van der Waals surface area contributed by atoms with Crippen molar-refractivity contribution < 1.29 is 0 Å². The predicted molar refractivity (Wildman–Crippen MR) is 44.5 cm³/mol. The fourth-order valence-corrected chi connectivity index (χ4v) is 1.80. The summed E-state index contributed by atoms with van der Waals surface area (Å²) in [7, 11) is 0. The van der Waals surface area contributed by atoms with Gasteiger partial charge in [-0.1, -0.05) is 32.1 Å². The Labute approximate surface area is 64.0 Å². The second kappa shape index (κ2) is 3.97. The van der Waals surface area contributed by atoms with Crippen molar-refractivity contribution in [1.82, 2.24) is 0 Å². The molecule has 0 amide bonds. The first kappa shape index (κ1) is 8.06. The Balaban J connectivity index is 2.24. The van der Waals surface area contributed by atoms with E-state index >= 15 is 0 Å². The van der Waals surface area contributed by atoms with E-state index in [1.165, 1.54) is 32.1 Å². The van der Waals surface area contributed by atoms with Gasteiger partial charge in [-0.3, -0.25) is 0 Å². The molecule has 1 aliphatic rings. The van der Waals surface area contributed by atoms with Crippen LogP contribution < -0.4 is 5.73 Å². The van der Waals surface area contributed by atoms with Gasteiger partial charge in [0.25, 0.3) is 0 Å². The zero-order valence-corrected chi connectivity index (χ0v) is 6.68. The van der Waals surface area contributed by atoms with Crippen LogP contribution in [-0.2, 0) is 0 Å². The first-order chi connectivity index (χ1) is 4.84. The van der Waals surface area contributed by atoms with Crippen molar-refractivity contribution >= 4 is 0 Å². The molecular weight excluding hydrogens is 122 g/mol. The fraction of sp³-hybridized carbons (Fsp3) is 0.889. The maximum atomic E-state index is 5.54. The van der Waals surface area contributed by atoms with E-state index in [2.05, 4.69) is 6.92 Å². The average Bonchev–Trinajstić information content (AvgIpc) is 2.05. The Bertz CT molecular complexity index is 84.7. The van der Waals surface area contributed by atoms with Gasteiger partial charge in [-0.25, -0.2) is 0 Å². The number of nitrogens with two attached hydrogens (primary N) is 1. The highest BCUT2D eigenvalue weighted by molar-refractivity contribution is 4.75. The van der Waals surface area contributed by atoms with Crippen LogP contribution >= 0.6 is 0 Å². The van der Waals surface area contributed by atoms with E-state index in [1.807, 2.05) is 0 Å². The van der Waals surface area contributed by atoms with Crippen molar-refractivity contribution in [3.05, 3.63) is 6.92 Å². The van der Waals surface area contributed by atoms with Crippen molar-refractivity contribution in [2.75, 3.05) is 6.54 Å². The number of rotatable bonds is 2. The maximum Gasteiger partial charge on any atom is -0.00462 e. The topological polar surface area (TPSA) is 26.0 Å². The molecular formula is C9H18N. The summed E-state index contributed by atoms with van der Waals surface area (Å²) in [5.41, 5.74) is 5.54. The van der Waals surface area contributed by atoms with E-state index in [4.69, 9.17) is 5.73 Å². The number of hydrogen-bond donors (Lipinski definition) is 1. The average molecular weight is 140 g/mol. The molecule has 1 unspecified atom stereocenters. The molecule has 1 fully saturated rings. The van der Waals surface area contributed by atoms with Gasteiger partial charge >= 0.3 is 0 Å². The first-order valence-electron chi connectivity index (χ1n) is 4.37. The third-order valence-corrected chi connectivity index (χ3v) is 2.62. The molecule has 0 saturated heterocycles. The van der Waals surface area contributed by atoms with Crippen LogP contribution in [0.25, 0.3) is 0 Å². The van der Waals surface area contributed by atoms with Gasteiger partial charge in [0, 0.05) is 0 Å². The summed E-state index contributed by atoms with van der Waals surface area (Å²) in [6.45, 7) is 4.82. The molecule has 0 aromatic heterocycles. The molecule has 1 aliphatic carbocycles. The van der Waals surface area contributed by atoms with Crippen molar-refractivity contribution in [3.8, 4) is 0 Å². The van der Waals surface area contributed by atoms with E-state index in [0.717, 1.165) is 12.5 Å². The van der Waals surface area contributed by atoms with E-state index < -0.39 is 0 Å². The highest BCUT2D eigenvalue weighted by Gasteiger charge is 2.18. The summed E-state index contributed by atoms with van der Waals surface area (Å²) in [5, 5.41) is 0. The van der Waals surface area contributed by atoms with Crippen LogP contribution in [0.3, 0.4) is 0 Å². The van der Waals surface area contributed by atoms with Gasteiger partial charge in [0.2, 0.25) is 0 Å². The van der Waals surface area contributed by atoms with Crippen molar-refractivity contribution in [3.63, 3.8) is 0 Å². The Morgan fingerprint density at radius 3 is 2.40 bits per heavy atom. The van der Waals surface area contributed by atoms with Crippen molar-refractivity contribution in [2.45, 2.75) is 32.1 Å². The van der Waals surface area contributed by atoms with Crippen LogP contribution in [0.4, 0.5) is 0 Å². The minimum atomic E-state index is 0.514. The van der Waals surface area contributed by atoms with E-state index in [9.17, 15) is 0 Å². The molecule has 0 bridgehead atoms. The van der Waals surface area contributed by atoms with Crippen molar-refractivity contribution in [1.29, 1.82) is 0 Å². The molecule has 59 valence electrons. The molecule has 1 atom stereocenters. The maximum absolute atomic E-state index is 5.54. The minimum absolute atomic E-state index is 0.514. The largest absolute Gasteiger partial charge is 0.330 e. The molecule has 10 heavy (non-hydrogen) atoms. The Kier molecular flexibility index (Phi) is 3.20. The normalized spacial score (nSPS) is 24.6. The zero-order chi connectivity index (χ0) is 7.40. The predicted octanol–water partition coefficient (Wildman–Crippen LogP) is 1.98. The Morgan fingerprint density at radius 2 is 1.90 bits per heavy atom. The van der Waals surface area contributed by atoms with Crippen LogP contribution in [-0.4, -0.2) is 6.54 Å². The summed E-state index contributed by atoms with van der Waals surface area (Å²) in [5.74, 6) is 1.35. The lowest BCUT2D eigenvalue weighted by molar-refractivity contribution is 0.288. The van der Waals surface area contributed by atoms with E-state index in [0.29, 0.717) is 5.92 Å². The smallest absolute Gasteiger partial charge is 0.00462 e. The molecule has 1 rings (SSSR count). The van der Waals surface area contributed by atoms with Crippen LogP contribution in [0.5, 0.6) is 0 Å². The molecule has 1 heteroatoms. The lowest BCUT2D eigenvalue weighted by atomic mass is 9.81. The van der Waals surface area contributed by atoms with E-state index in [1.54, 1.807) is 0 Å². The SMILES string of the molecule is [CH2]C(CN)C1CCCCC1. The van der Waals surface area contributed by atoms with Gasteiger partial charge in [-0.2, -0.15) is 0 Å². The molecule has 0 spiro atoms. The second-order valence-corrected chi connectivity index (χ2v) is 3.39. The lowest BCUT2D eigenvalue weighted by Crippen LogP contribution is -2.22. The van der Waals surface area contributed by atoms with Gasteiger partial charge in [0.15, 0.2) is 0 Å². The summed E-state index contributed by atoms with van der Waals surface area (Å²) < 4.78 is 0. The van der Waals surface area contributed by atoms with E-state index in [-0.39, 0.29) is 0 Å². The summed E-state index contributed by atoms with van der Waals surface area (Å²) in [4.78, 5) is 0. The third kappa shape index (κ3) is 1.98. The van der Waals surface area contributed by atoms with Gasteiger partial charge in [0.05, 0.1) is 0 Å². The van der Waals surface area contributed by atoms with Crippen LogP contribution in [0.15, 0.2) is 0 Å². The Hall–Kier alpha value is -0.0400. The molecule has 0 aliphatic heterocycles. The molecule has 1 radical (unpaired) electrons. The molecule has 1 saturated carbocycles. The molecule has 0 aromatic carbocycles. The van der Waals surface area contributed by atoms with Crippen LogP contribution in [0, 0.1) is 18.8 Å². The third-order valence-electron chi connectivity index (χ3n) is 2.62. The highest BCUT2D eigenvalue weighted by atomic mass is 14.5. The van der Waals surface area contributed by atoms with Crippen molar-refractivity contribution in [2.24, 2.45) is 17.6 Å². The van der Waals surface area contributed by atoms with Crippen LogP contribution in [0.2, 0.25) is 0 Å². The fourth-order valence-electron chi connectivity index (χ4n) is 1.80. The van der Waals surface area contributed by atoms with Gasteiger partial charge in [0.1, 0.15) is 0 Å². The monoisotopic (exact) mass is 140 g/mol. The summed E-state index contributed by atoms with van der Waals surface area (Å²) >= 11 is 0. The zero-order valence-electron chi connectivity index (χ0n) is 6.68. The lowest BCUT2D eigenvalue weighted by Gasteiger charge is -2.26. The van der Waals surface area contributed by atoms with Gasteiger partial charge in [-0.05, 0) is 25.3 Å². The molecule has 0 aromatic rings. The molecule has 0 heterocycles. The quantitative estimate of drug-likeness (QED) is 0.623. The summed E-state index contributed by atoms with van der Waals surface area (Å²) in [6, 6.07) is 0. The van der Waals surface area contributed by atoms with Crippen LogP contribution in [0.1, 0.15) is 32.1 Å². The van der Waals surface area contributed by atoms with Gasteiger partial charge in [-0.15, -0.1) is 0 Å². The standard InChI is InChI=1S/C9H18N/c1-8(7-10)9-5-3-2-4-6-9/h8-9H,1-7,10H2. The molecule has 2 N–H and O–H groups in total. The number of hydrogen-bond acceptors (Lipinski definition) is 1. The highest BCUT2D eigenvalue weighted by Crippen LogP contribution is 2.28.